The molecule has 16 nitrogen and oxygen atoms in total. The Morgan fingerprint density at radius 2 is 1.66 bits per heavy atom. The second-order valence-corrected chi connectivity index (χ2v) is 18.0. The number of imidazole rings is 2. The fourth-order valence-electron chi connectivity index (χ4n) is 10.4. The third-order valence-corrected chi connectivity index (χ3v) is 13.8. The minimum atomic E-state index is -0.766. The van der Waals surface area contributed by atoms with Gasteiger partial charge in [-0.05, 0) is 104 Å². The molecule has 64 heavy (non-hydrogen) atoms. The molecule has 6 heterocycles. The number of hydrogen-bond acceptors (Lipinski definition) is 10. The average Bonchev–Trinajstić information content (AvgIpc) is 4.14. The molecular weight excluding hydrogens is 817 g/mol. The van der Waals surface area contributed by atoms with Crippen molar-refractivity contribution < 1.29 is 38.1 Å². The van der Waals surface area contributed by atoms with Crippen molar-refractivity contribution in [2.24, 2.45) is 11.8 Å². The van der Waals surface area contributed by atoms with Crippen molar-refractivity contribution in [2.75, 3.05) is 27.4 Å². The number of hydrogen-bond donors (Lipinski definition) is 4. The number of carbonyl (C=O) groups excluding carboxylic acids is 4. The molecule has 5 aromatic rings. The van der Waals surface area contributed by atoms with E-state index in [-0.39, 0.29) is 47.8 Å². The number of benzene rings is 3. The average molecular weight is 875 g/mol. The Balaban J connectivity index is 0.971. The molecule has 0 saturated carbocycles. The largest absolute Gasteiger partial charge is 0.488 e. The van der Waals surface area contributed by atoms with Gasteiger partial charge in [0.2, 0.25) is 11.8 Å². The van der Waals surface area contributed by atoms with Crippen LogP contribution in [0.3, 0.4) is 0 Å². The summed E-state index contributed by atoms with van der Waals surface area (Å²) in [5, 5.41) is 7.54. The highest BCUT2D eigenvalue weighted by Gasteiger charge is 2.45. The van der Waals surface area contributed by atoms with Crippen molar-refractivity contribution in [2.45, 2.75) is 115 Å². The zero-order valence-corrected chi connectivity index (χ0v) is 37.4. The number of fused-ring (bicyclic) bond motifs is 6. The van der Waals surface area contributed by atoms with Crippen LogP contribution in [-0.4, -0.2) is 105 Å². The van der Waals surface area contributed by atoms with E-state index in [0.29, 0.717) is 25.6 Å². The number of nitrogens with one attached hydrogen (secondary N) is 4. The predicted molar refractivity (Wildman–Crippen MR) is 239 cm³/mol. The fraction of sp³-hybridized carbons (Fsp3) is 0.500. The Bertz CT molecular complexity index is 2580. The first-order valence-electron chi connectivity index (χ1n) is 22.7. The van der Waals surface area contributed by atoms with Crippen molar-refractivity contribution in [3.63, 3.8) is 0 Å². The molecule has 0 radical (unpaired) electrons. The second kappa shape index (κ2) is 17.8. The molecule has 3 aromatic carbocycles. The second-order valence-electron chi connectivity index (χ2n) is 18.0. The Hall–Kier alpha value is -6.16. The highest BCUT2D eigenvalue weighted by Crippen LogP contribution is 2.44. The summed E-state index contributed by atoms with van der Waals surface area (Å²) in [6.07, 6.45) is 6.09. The van der Waals surface area contributed by atoms with E-state index >= 15 is 0 Å². The Labute approximate surface area is 372 Å². The maximum atomic E-state index is 14.5. The van der Waals surface area contributed by atoms with Gasteiger partial charge >= 0.3 is 12.2 Å². The number of methoxy groups -OCH3 is 2. The van der Waals surface area contributed by atoms with Crippen LogP contribution in [0.25, 0.3) is 44.2 Å². The van der Waals surface area contributed by atoms with Crippen molar-refractivity contribution in [3.05, 3.63) is 65.9 Å². The van der Waals surface area contributed by atoms with Crippen molar-refractivity contribution in [1.82, 2.24) is 40.4 Å². The minimum absolute atomic E-state index is 0.00299. The van der Waals surface area contributed by atoms with Gasteiger partial charge in [0.15, 0.2) is 0 Å². The van der Waals surface area contributed by atoms with Crippen molar-refractivity contribution in [3.8, 4) is 28.1 Å². The lowest BCUT2D eigenvalue weighted by atomic mass is 9.92. The van der Waals surface area contributed by atoms with Gasteiger partial charge in [0.1, 0.15) is 36.1 Å². The topological polar surface area (TPSA) is 193 Å². The van der Waals surface area contributed by atoms with Crippen LogP contribution in [0.2, 0.25) is 0 Å². The molecule has 4 aliphatic rings. The van der Waals surface area contributed by atoms with E-state index in [0.717, 1.165) is 106 Å². The zero-order valence-electron chi connectivity index (χ0n) is 37.4. The number of likely N-dealkylation sites (tertiary alicyclic amines) is 2. The summed E-state index contributed by atoms with van der Waals surface area (Å²) >= 11 is 0. The third kappa shape index (κ3) is 7.90. The molecule has 0 bridgehead atoms. The minimum Gasteiger partial charge on any atom is -0.488 e. The highest BCUT2D eigenvalue weighted by molar-refractivity contribution is 6.07. The van der Waals surface area contributed by atoms with Gasteiger partial charge in [0, 0.05) is 35.6 Å². The first-order chi connectivity index (χ1) is 31.0. The van der Waals surface area contributed by atoms with Crippen molar-refractivity contribution in [1.29, 1.82) is 0 Å². The van der Waals surface area contributed by atoms with E-state index in [2.05, 4.69) is 63.9 Å². The van der Waals surface area contributed by atoms with Gasteiger partial charge in [-0.2, -0.15) is 0 Å². The van der Waals surface area contributed by atoms with Crippen LogP contribution in [0.15, 0.2) is 48.7 Å². The smallest absolute Gasteiger partial charge is 0.407 e. The van der Waals surface area contributed by atoms with Crippen LogP contribution >= 0.6 is 0 Å². The quantitative estimate of drug-likeness (QED) is 0.108. The van der Waals surface area contributed by atoms with E-state index in [9.17, 15) is 19.2 Å². The summed E-state index contributed by atoms with van der Waals surface area (Å²) in [7, 11) is 2.60. The van der Waals surface area contributed by atoms with Crippen molar-refractivity contribution >= 4 is 45.8 Å². The molecule has 16 heteroatoms. The molecular formula is C48H58N8O8. The number of nitrogens with zero attached hydrogens (tertiary/aromatic N) is 4. The molecule has 4 amide bonds. The standard InChI is InChI=1S/C48H58N8O8/c1-7-31-13-17-38(56(31)46(58)41(54-48(60)62-6)29-9-8-18-63-23-29)44-50-35-15-12-27-20-34-32-14-11-28(19-30(32)24-64-39(34)21-33(27)42(35)52-44)36-22-49-43(51-36)37-16-10-26(4)55(37)45(57)40(25(2)3)53-47(59)61-5/h11-12,14-15,19-22,25-26,29,31,37-38,40-41H,7-10,13,16-18,23-24H2,1-6H3,(H,49,51)(H,50,52)(H,53,59)(H,54,60). The number of H-pyrrole nitrogens is 2. The molecule has 0 spiro atoms. The highest BCUT2D eigenvalue weighted by atomic mass is 16.5. The summed E-state index contributed by atoms with van der Waals surface area (Å²) < 4.78 is 22.0. The number of aromatic amines is 2. The lowest BCUT2D eigenvalue weighted by Crippen LogP contribution is -2.55. The summed E-state index contributed by atoms with van der Waals surface area (Å²) in [6.45, 7) is 9.36. The third-order valence-electron chi connectivity index (χ3n) is 13.8. The molecule has 9 rings (SSSR count). The summed E-state index contributed by atoms with van der Waals surface area (Å²) in [5.41, 5.74) is 6.59. The van der Waals surface area contributed by atoms with Gasteiger partial charge in [-0.1, -0.05) is 39.0 Å². The monoisotopic (exact) mass is 874 g/mol. The van der Waals surface area contributed by atoms with Gasteiger partial charge < -0.3 is 49.3 Å². The summed E-state index contributed by atoms with van der Waals surface area (Å²) in [5.74, 6) is 1.63. The van der Waals surface area contributed by atoms with E-state index in [1.807, 2.05) is 42.8 Å². The first kappa shape index (κ1) is 43.1. The van der Waals surface area contributed by atoms with Gasteiger partial charge in [0.25, 0.3) is 0 Å². The number of alkyl carbamates (subject to hydrolysis) is 2. The first-order valence-corrected chi connectivity index (χ1v) is 22.7. The maximum Gasteiger partial charge on any atom is 0.407 e. The molecule has 7 atom stereocenters. The van der Waals surface area contributed by atoms with Gasteiger partial charge in [0.05, 0.1) is 55.8 Å². The van der Waals surface area contributed by atoms with Gasteiger partial charge in [-0.3, -0.25) is 9.59 Å². The molecule has 2 aromatic heterocycles. The van der Waals surface area contributed by atoms with Crippen LogP contribution in [0.4, 0.5) is 9.59 Å². The molecule has 4 N–H and O–H groups in total. The number of amides is 4. The van der Waals surface area contributed by atoms with Crippen LogP contribution in [0.5, 0.6) is 5.75 Å². The SMILES string of the molecule is CCC1CCC(c2nc3c(ccc4cc5c(cc43)OCc3cc(-c4cnc(C6CCC(C)N6C(=O)C(NC(=O)OC)C(C)C)[nH]4)ccc3-5)[nH]2)N1C(=O)C(NC(=O)OC)C1CCCOC1. The predicted octanol–water partition coefficient (Wildman–Crippen LogP) is 7.69. The number of rotatable bonds is 10. The normalized spacial score (nSPS) is 22.8. The molecule has 4 aliphatic heterocycles. The Morgan fingerprint density at radius 1 is 0.875 bits per heavy atom. The molecule has 3 fully saturated rings. The summed E-state index contributed by atoms with van der Waals surface area (Å²) in [6, 6.07) is 12.7. The van der Waals surface area contributed by atoms with Crippen LogP contribution in [-0.2, 0) is 30.4 Å². The fourth-order valence-corrected chi connectivity index (χ4v) is 10.4. The van der Waals surface area contributed by atoms with Crippen LogP contribution in [0.1, 0.15) is 102 Å². The summed E-state index contributed by atoms with van der Waals surface area (Å²) in [4.78, 5) is 73.9. The maximum absolute atomic E-state index is 14.5. The van der Waals surface area contributed by atoms with Gasteiger partial charge in [-0.15, -0.1) is 0 Å². The molecule has 0 aliphatic carbocycles. The Kier molecular flexibility index (Phi) is 12.0. The zero-order chi connectivity index (χ0) is 44.8. The lowest BCUT2D eigenvalue weighted by molar-refractivity contribution is -0.139. The van der Waals surface area contributed by atoms with E-state index in [1.165, 1.54) is 14.2 Å². The Morgan fingerprint density at radius 3 is 2.41 bits per heavy atom. The molecule has 7 unspecified atom stereocenters. The van der Waals surface area contributed by atoms with Gasteiger partial charge in [-0.25, -0.2) is 19.6 Å². The van der Waals surface area contributed by atoms with Crippen LogP contribution in [0, 0.1) is 11.8 Å². The molecule has 3 saturated heterocycles. The lowest BCUT2D eigenvalue weighted by Gasteiger charge is -2.36. The number of carbonyl (C=O) groups is 4. The number of aromatic nitrogens is 4. The van der Waals surface area contributed by atoms with E-state index < -0.39 is 24.3 Å². The molecule has 338 valence electrons. The van der Waals surface area contributed by atoms with E-state index in [4.69, 9.17) is 28.9 Å². The number of ether oxygens (including phenoxy) is 4. The van der Waals surface area contributed by atoms with Crippen LogP contribution < -0.4 is 15.4 Å². The van der Waals surface area contributed by atoms with E-state index in [1.54, 1.807) is 0 Å².